The van der Waals surface area contributed by atoms with Crippen molar-refractivity contribution in [3.63, 3.8) is 0 Å². The highest BCUT2D eigenvalue weighted by atomic mass is 19.1. The number of aryl methyl sites for hydroxylation is 2. The quantitative estimate of drug-likeness (QED) is 0.884. The van der Waals surface area contributed by atoms with E-state index in [9.17, 15) is 9.18 Å². The lowest BCUT2D eigenvalue weighted by Crippen LogP contribution is -2.18. The molecule has 122 valence electrons. The van der Waals surface area contributed by atoms with E-state index in [1.165, 1.54) is 7.11 Å². The van der Waals surface area contributed by atoms with Crippen molar-refractivity contribution >= 4 is 5.97 Å². The van der Waals surface area contributed by atoms with Crippen LogP contribution in [-0.2, 0) is 4.79 Å². The Labute approximate surface area is 134 Å². The number of nitrogens with two attached hydrogens (primary N) is 1. The Morgan fingerprint density at radius 2 is 1.91 bits per heavy atom. The van der Waals surface area contributed by atoms with E-state index >= 15 is 0 Å². The molecule has 1 unspecified atom stereocenters. The Balaban J connectivity index is 2.73. The predicted octanol–water partition coefficient (Wildman–Crippen LogP) is 3.59. The summed E-state index contributed by atoms with van der Waals surface area (Å²) >= 11 is 0. The molecule has 4 nitrogen and oxygen atoms in total. The third kappa shape index (κ3) is 3.35. The molecule has 23 heavy (non-hydrogen) atoms. The van der Waals surface area contributed by atoms with E-state index in [4.69, 9.17) is 15.6 Å². The first-order valence-electron chi connectivity index (χ1n) is 7.27. The van der Waals surface area contributed by atoms with Crippen molar-refractivity contribution in [1.29, 1.82) is 0 Å². The maximum atomic E-state index is 14.6. The zero-order chi connectivity index (χ0) is 17.1. The standard InChI is InChI=1S/C18H20FNO3/c1-10-6-4-5-7-12(10)13-8-11(2)17(19)16(18(13)23-3)14(20)9-15(21)22/h4-8,14H,9,20H2,1-3H3,(H,21,22). The van der Waals surface area contributed by atoms with Crippen molar-refractivity contribution in [3.05, 3.63) is 52.8 Å². The maximum Gasteiger partial charge on any atom is 0.305 e. The third-order valence-corrected chi connectivity index (χ3v) is 3.84. The molecule has 0 spiro atoms. The number of aliphatic carboxylic acids is 1. The summed E-state index contributed by atoms with van der Waals surface area (Å²) in [6, 6.07) is 8.38. The van der Waals surface area contributed by atoms with E-state index in [0.29, 0.717) is 11.1 Å². The minimum absolute atomic E-state index is 0.105. The van der Waals surface area contributed by atoms with Crippen LogP contribution in [0.1, 0.15) is 29.2 Å². The highest BCUT2D eigenvalue weighted by Crippen LogP contribution is 2.40. The lowest BCUT2D eigenvalue weighted by atomic mass is 9.91. The number of carbonyl (C=O) groups is 1. The summed E-state index contributed by atoms with van der Waals surface area (Å²) in [5.74, 6) is -1.32. The van der Waals surface area contributed by atoms with Gasteiger partial charge in [-0.15, -0.1) is 0 Å². The molecule has 0 radical (unpaired) electrons. The van der Waals surface area contributed by atoms with Crippen LogP contribution < -0.4 is 10.5 Å². The molecule has 0 amide bonds. The van der Waals surface area contributed by atoms with Crippen LogP contribution in [0.5, 0.6) is 5.75 Å². The molecule has 3 N–H and O–H groups in total. The lowest BCUT2D eigenvalue weighted by molar-refractivity contribution is -0.137. The Bertz CT molecular complexity index is 743. The average Bonchev–Trinajstić information content (AvgIpc) is 2.49. The molecule has 2 aromatic rings. The zero-order valence-corrected chi connectivity index (χ0v) is 13.4. The van der Waals surface area contributed by atoms with Gasteiger partial charge in [-0.05, 0) is 36.6 Å². The number of ether oxygens (including phenoxy) is 1. The molecule has 2 rings (SSSR count). The number of carboxylic acid groups (broad SMARTS) is 1. The summed E-state index contributed by atoms with van der Waals surface area (Å²) in [5, 5.41) is 8.96. The summed E-state index contributed by atoms with van der Waals surface area (Å²) in [4.78, 5) is 10.9. The number of methoxy groups -OCH3 is 1. The molecule has 0 aromatic heterocycles. The van der Waals surface area contributed by atoms with Crippen molar-refractivity contribution in [3.8, 4) is 16.9 Å². The summed E-state index contributed by atoms with van der Waals surface area (Å²) in [6.07, 6.45) is -0.371. The van der Waals surface area contributed by atoms with Crippen LogP contribution in [0.25, 0.3) is 11.1 Å². The van der Waals surface area contributed by atoms with Crippen LogP contribution in [0.3, 0.4) is 0 Å². The number of halogens is 1. The van der Waals surface area contributed by atoms with Gasteiger partial charge in [0.15, 0.2) is 0 Å². The molecular weight excluding hydrogens is 297 g/mol. The minimum Gasteiger partial charge on any atom is -0.496 e. The van der Waals surface area contributed by atoms with Crippen LogP contribution in [0.4, 0.5) is 4.39 Å². The molecule has 0 bridgehead atoms. The van der Waals surface area contributed by atoms with Gasteiger partial charge in [-0.25, -0.2) is 4.39 Å². The van der Waals surface area contributed by atoms with Crippen molar-refractivity contribution in [2.75, 3.05) is 7.11 Å². The molecule has 0 saturated heterocycles. The van der Waals surface area contributed by atoms with E-state index in [2.05, 4.69) is 0 Å². The smallest absolute Gasteiger partial charge is 0.305 e. The van der Waals surface area contributed by atoms with Crippen LogP contribution in [0, 0.1) is 19.7 Å². The Morgan fingerprint density at radius 3 is 2.48 bits per heavy atom. The van der Waals surface area contributed by atoms with Gasteiger partial charge in [0.2, 0.25) is 0 Å². The van der Waals surface area contributed by atoms with Gasteiger partial charge in [0.1, 0.15) is 11.6 Å². The molecule has 0 aliphatic carbocycles. The van der Waals surface area contributed by atoms with Crippen molar-refractivity contribution in [1.82, 2.24) is 0 Å². The monoisotopic (exact) mass is 317 g/mol. The number of benzene rings is 2. The second-order valence-corrected chi connectivity index (χ2v) is 5.52. The van der Waals surface area contributed by atoms with Crippen LogP contribution >= 0.6 is 0 Å². The molecule has 0 aliphatic rings. The normalized spacial score (nSPS) is 12.0. The van der Waals surface area contributed by atoms with Gasteiger partial charge < -0.3 is 15.6 Å². The molecule has 2 aromatic carbocycles. The van der Waals surface area contributed by atoms with Crippen molar-refractivity contribution in [2.45, 2.75) is 26.3 Å². The van der Waals surface area contributed by atoms with E-state index < -0.39 is 17.8 Å². The Kier molecular flexibility index (Phi) is 5.01. The first-order chi connectivity index (χ1) is 10.9. The molecule has 0 aliphatic heterocycles. The molecule has 5 heteroatoms. The highest BCUT2D eigenvalue weighted by molar-refractivity contribution is 5.77. The number of rotatable bonds is 5. The second kappa shape index (κ2) is 6.79. The SMILES string of the molecule is COc1c(-c2ccccc2C)cc(C)c(F)c1C(N)CC(=O)O. The maximum absolute atomic E-state index is 14.6. The topological polar surface area (TPSA) is 72.5 Å². The van der Waals surface area contributed by atoms with E-state index in [-0.39, 0.29) is 17.7 Å². The number of hydrogen-bond acceptors (Lipinski definition) is 3. The molecule has 0 heterocycles. The predicted molar refractivity (Wildman–Crippen MR) is 87.0 cm³/mol. The van der Waals surface area contributed by atoms with Crippen LogP contribution in [-0.4, -0.2) is 18.2 Å². The van der Waals surface area contributed by atoms with Crippen LogP contribution in [0.15, 0.2) is 30.3 Å². The first-order valence-corrected chi connectivity index (χ1v) is 7.27. The largest absolute Gasteiger partial charge is 0.496 e. The van der Waals surface area contributed by atoms with Crippen LogP contribution in [0.2, 0.25) is 0 Å². The fraction of sp³-hybridized carbons (Fsp3) is 0.278. The zero-order valence-electron chi connectivity index (χ0n) is 13.4. The summed E-state index contributed by atoms with van der Waals surface area (Å²) in [5.41, 5.74) is 9.05. The first kappa shape index (κ1) is 17.0. The van der Waals surface area contributed by atoms with E-state index in [1.807, 2.05) is 31.2 Å². The minimum atomic E-state index is -1.09. The second-order valence-electron chi connectivity index (χ2n) is 5.52. The lowest BCUT2D eigenvalue weighted by Gasteiger charge is -2.21. The fourth-order valence-corrected chi connectivity index (χ4v) is 2.72. The Hall–Kier alpha value is -2.40. The summed E-state index contributed by atoms with van der Waals surface area (Å²) in [7, 11) is 1.43. The Morgan fingerprint density at radius 1 is 1.26 bits per heavy atom. The van der Waals surface area contributed by atoms with Gasteiger partial charge in [-0.3, -0.25) is 4.79 Å². The van der Waals surface area contributed by atoms with E-state index in [0.717, 1.165) is 11.1 Å². The van der Waals surface area contributed by atoms with Gasteiger partial charge in [0.05, 0.1) is 13.5 Å². The van der Waals surface area contributed by atoms with Crippen molar-refractivity contribution in [2.24, 2.45) is 5.73 Å². The molecular formula is C18H20FNO3. The van der Waals surface area contributed by atoms with Crippen molar-refractivity contribution < 1.29 is 19.0 Å². The molecule has 1 atom stereocenters. The number of carboxylic acids is 1. The fourth-order valence-electron chi connectivity index (χ4n) is 2.72. The van der Waals surface area contributed by atoms with E-state index in [1.54, 1.807) is 13.0 Å². The third-order valence-electron chi connectivity index (χ3n) is 3.84. The van der Waals surface area contributed by atoms with Gasteiger partial charge in [-0.1, -0.05) is 24.3 Å². The number of hydrogen-bond donors (Lipinski definition) is 2. The summed E-state index contributed by atoms with van der Waals surface area (Å²) in [6.45, 7) is 3.58. The highest BCUT2D eigenvalue weighted by Gasteiger charge is 2.25. The molecule has 0 saturated carbocycles. The summed E-state index contributed by atoms with van der Waals surface area (Å²) < 4.78 is 20.0. The van der Waals surface area contributed by atoms with Gasteiger partial charge in [0, 0.05) is 17.2 Å². The van der Waals surface area contributed by atoms with Gasteiger partial charge in [0.25, 0.3) is 0 Å². The molecule has 0 fully saturated rings. The van der Waals surface area contributed by atoms with Gasteiger partial charge >= 0.3 is 5.97 Å². The average molecular weight is 317 g/mol. The van der Waals surface area contributed by atoms with Gasteiger partial charge in [-0.2, -0.15) is 0 Å².